The zero-order chi connectivity index (χ0) is 14.2. The van der Waals surface area contributed by atoms with Gasteiger partial charge in [-0.2, -0.15) is 0 Å². The Morgan fingerprint density at radius 2 is 2.00 bits per heavy atom. The number of hydrogen-bond acceptors (Lipinski definition) is 4. The molecule has 5 nitrogen and oxygen atoms in total. The Balaban J connectivity index is 0.00000220. The van der Waals surface area contributed by atoms with Crippen LogP contribution in [0.15, 0.2) is 24.5 Å². The van der Waals surface area contributed by atoms with E-state index in [0.29, 0.717) is 6.54 Å². The van der Waals surface area contributed by atoms with Crippen LogP contribution in [0, 0.1) is 0 Å². The van der Waals surface area contributed by atoms with Crippen LogP contribution in [0.5, 0.6) is 0 Å². The summed E-state index contributed by atoms with van der Waals surface area (Å²) in [5.74, 6) is 0.129. The molecule has 0 atom stereocenters. The van der Waals surface area contributed by atoms with Crippen molar-refractivity contribution in [2.24, 2.45) is 0 Å². The van der Waals surface area contributed by atoms with Crippen LogP contribution < -0.4 is 0 Å². The van der Waals surface area contributed by atoms with Crippen molar-refractivity contribution in [1.29, 1.82) is 0 Å². The number of carbonyl (C=O) groups is 1. The van der Waals surface area contributed by atoms with Crippen molar-refractivity contribution in [1.82, 2.24) is 14.8 Å². The van der Waals surface area contributed by atoms with Crippen LogP contribution in [-0.4, -0.2) is 60.1 Å². The molecule has 0 saturated carbocycles. The predicted molar refractivity (Wildman–Crippen MR) is 84.5 cm³/mol. The Hall–Kier alpha value is -1.17. The van der Waals surface area contributed by atoms with Crippen LogP contribution in [0.4, 0.5) is 0 Å². The summed E-state index contributed by atoms with van der Waals surface area (Å²) >= 11 is 0. The van der Waals surface area contributed by atoms with E-state index in [2.05, 4.69) is 9.88 Å². The third-order valence-corrected chi connectivity index (χ3v) is 3.57. The molecular weight excluding hydrogens is 290 g/mol. The van der Waals surface area contributed by atoms with Crippen LogP contribution in [0.1, 0.15) is 18.9 Å². The average molecular weight is 314 g/mol. The highest BCUT2D eigenvalue weighted by atomic mass is 35.5. The van der Waals surface area contributed by atoms with E-state index in [4.69, 9.17) is 4.74 Å². The molecule has 21 heavy (non-hydrogen) atoms. The van der Waals surface area contributed by atoms with E-state index in [-0.39, 0.29) is 18.3 Å². The highest BCUT2D eigenvalue weighted by Gasteiger charge is 2.12. The van der Waals surface area contributed by atoms with Gasteiger partial charge >= 0.3 is 0 Å². The van der Waals surface area contributed by atoms with E-state index >= 15 is 0 Å². The van der Waals surface area contributed by atoms with Gasteiger partial charge in [-0.3, -0.25) is 14.7 Å². The monoisotopic (exact) mass is 313 g/mol. The van der Waals surface area contributed by atoms with Crippen LogP contribution in [0.3, 0.4) is 0 Å². The summed E-state index contributed by atoms with van der Waals surface area (Å²) in [5, 5.41) is 0. The van der Waals surface area contributed by atoms with Crippen molar-refractivity contribution >= 4 is 18.3 Å². The lowest BCUT2D eigenvalue weighted by atomic mass is 10.2. The molecular formula is C15H24ClN3O2. The summed E-state index contributed by atoms with van der Waals surface area (Å²) < 4.78 is 5.33. The van der Waals surface area contributed by atoms with Crippen LogP contribution >= 0.6 is 12.4 Å². The minimum absolute atomic E-state index is 0. The van der Waals surface area contributed by atoms with Crippen molar-refractivity contribution in [3.8, 4) is 0 Å². The molecule has 2 heterocycles. The summed E-state index contributed by atoms with van der Waals surface area (Å²) in [6.07, 6.45) is 4.54. The molecule has 1 aromatic rings. The Kier molecular flexibility index (Phi) is 8.27. The largest absolute Gasteiger partial charge is 0.379 e. The lowest BCUT2D eigenvalue weighted by Crippen LogP contribution is -2.38. The molecule has 1 fully saturated rings. The molecule has 1 amide bonds. The summed E-state index contributed by atoms with van der Waals surface area (Å²) in [6.45, 7) is 7.80. The standard InChI is InChI=1S/C15H23N3O2.ClH/c1-14(19)18(13-15-3-5-16-6-4-15)8-2-7-17-9-11-20-12-10-17;/h3-6H,2,7-13H2,1H3;1H. The zero-order valence-electron chi connectivity index (χ0n) is 12.5. The lowest BCUT2D eigenvalue weighted by molar-refractivity contribution is -0.129. The summed E-state index contributed by atoms with van der Waals surface area (Å²) in [7, 11) is 0. The average Bonchev–Trinajstić information content (AvgIpc) is 2.48. The molecule has 1 saturated heterocycles. The molecule has 0 N–H and O–H groups in total. The van der Waals surface area contributed by atoms with E-state index in [1.807, 2.05) is 17.0 Å². The van der Waals surface area contributed by atoms with Gasteiger partial charge in [0.1, 0.15) is 0 Å². The highest BCUT2D eigenvalue weighted by molar-refractivity contribution is 5.85. The van der Waals surface area contributed by atoms with Crippen molar-refractivity contribution < 1.29 is 9.53 Å². The minimum Gasteiger partial charge on any atom is -0.379 e. The van der Waals surface area contributed by atoms with Gasteiger partial charge in [-0.25, -0.2) is 0 Å². The van der Waals surface area contributed by atoms with Gasteiger partial charge in [0.05, 0.1) is 13.2 Å². The first kappa shape index (κ1) is 17.9. The van der Waals surface area contributed by atoms with Crippen molar-refractivity contribution in [2.45, 2.75) is 19.9 Å². The van der Waals surface area contributed by atoms with E-state index in [1.165, 1.54) is 0 Å². The second kappa shape index (κ2) is 9.71. The quantitative estimate of drug-likeness (QED) is 0.800. The van der Waals surface area contributed by atoms with Gasteiger partial charge in [-0.15, -0.1) is 12.4 Å². The van der Waals surface area contributed by atoms with E-state index in [1.54, 1.807) is 19.3 Å². The summed E-state index contributed by atoms with van der Waals surface area (Å²) in [4.78, 5) is 20.0. The third kappa shape index (κ3) is 6.42. The number of carbonyl (C=O) groups excluding carboxylic acids is 1. The molecule has 6 heteroatoms. The van der Waals surface area contributed by atoms with Gasteiger partial charge in [0.25, 0.3) is 0 Å². The first-order valence-corrected chi connectivity index (χ1v) is 7.20. The topological polar surface area (TPSA) is 45.7 Å². The van der Waals surface area contributed by atoms with Crippen LogP contribution in [-0.2, 0) is 16.1 Å². The van der Waals surface area contributed by atoms with E-state index in [9.17, 15) is 4.79 Å². The van der Waals surface area contributed by atoms with Crippen LogP contribution in [0.2, 0.25) is 0 Å². The van der Waals surface area contributed by atoms with Crippen molar-refractivity contribution in [2.75, 3.05) is 39.4 Å². The van der Waals surface area contributed by atoms with Crippen LogP contribution in [0.25, 0.3) is 0 Å². The maximum Gasteiger partial charge on any atom is 0.219 e. The molecule has 0 radical (unpaired) electrons. The SMILES string of the molecule is CC(=O)N(CCCN1CCOCC1)Cc1ccncc1.Cl. The Morgan fingerprint density at radius 3 is 2.62 bits per heavy atom. The number of morpholine rings is 1. The number of aromatic nitrogens is 1. The Labute approximate surface area is 132 Å². The number of rotatable bonds is 6. The summed E-state index contributed by atoms with van der Waals surface area (Å²) in [6, 6.07) is 3.91. The molecule has 0 bridgehead atoms. The summed E-state index contributed by atoms with van der Waals surface area (Å²) in [5.41, 5.74) is 1.13. The molecule has 0 aromatic carbocycles. The van der Waals surface area contributed by atoms with Gasteiger partial charge < -0.3 is 9.64 Å². The maximum absolute atomic E-state index is 11.7. The molecule has 118 valence electrons. The van der Waals surface area contributed by atoms with E-state index in [0.717, 1.165) is 51.4 Å². The molecule has 1 aliphatic heterocycles. The molecule has 1 aromatic heterocycles. The first-order chi connectivity index (χ1) is 9.75. The van der Waals surface area contributed by atoms with Gasteiger partial charge in [-0.1, -0.05) is 0 Å². The second-order valence-electron chi connectivity index (χ2n) is 5.10. The third-order valence-electron chi connectivity index (χ3n) is 3.57. The fourth-order valence-corrected chi connectivity index (χ4v) is 2.37. The second-order valence-corrected chi connectivity index (χ2v) is 5.10. The normalized spacial score (nSPS) is 15.3. The van der Waals surface area contributed by atoms with E-state index < -0.39 is 0 Å². The molecule has 1 aliphatic rings. The zero-order valence-corrected chi connectivity index (χ0v) is 13.3. The number of amides is 1. The highest BCUT2D eigenvalue weighted by Crippen LogP contribution is 2.06. The number of pyridine rings is 1. The minimum atomic E-state index is 0. The van der Waals surface area contributed by atoms with Crippen molar-refractivity contribution in [3.05, 3.63) is 30.1 Å². The Bertz CT molecular complexity index is 411. The fraction of sp³-hybridized carbons (Fsp3) is 0.600. The predicted octanol–water partition coefficient (Wildman–Crippen LogP) is 1.57. The van der Waals surface area contributed by atoms with Gasteiger partial charge in [0.15, 0.2) is 0 Å². The first-order valence-electron chi connectivity index (χ1n) is 7.20. The molecule has 2 rings (SSSR count). The number of ether oxygens (including phenoxy) is 1. The smallest absolute Gasteiger partial charge is 0.219 e. The van der Waals surface area contributed by atoms with Gasteiger partial charge in [0.2, 0.25) is 5.91 Å². The van der Waals surface area contributed by atoms with Crippen molar-refractivity contribution in [3.63, 3.8) is 0 Å². The molecule has 0 spiro atoms. The fourth-order valence-electron chi connectivity index (χ4n) is 2.37. The Morgan fingerprint density at radius 1 is 1.33 bits per heavy atom. The molecule has 0 aliphatic carbocycles. The number of hydrogen-bond donors (Lipinski definition) is 0. The maximum atomic E-state index is 11.7. The van der Waals surface area contributed by atoms with Gasteiger partial charge in [0, 0.05) is 52.0 Å². The number of nitrogens with zero attached hydrogens (tertiary/aromatic N) is 3. The van der Waals surface area contributed by atoms with Gasteiger partial charge in [-0.05, 0) is 24.1 Å². The number of halogens is 1. The molecule has 0 unspecified atom stereocenters. The lowest BCUT2D eigenvalue weighted by Gasteiger charge is -2.28.